The van der Waals surface area contributed by atoms with Crippen LogP contribution >= 0.6 is 0 Å². The topological polar surface area (TPSA) is 55.8 Å². The van der Waals surface area contributed by atoms with Gasteiger partial charge in [0, 0.05) is 11.6 Å². The summed E-state index contributed by atoms with van der Waals surface area (Å²) < 4.78 is 10.8. The minimum absolute atomic E-state index is 0.255. The van der Waals surface area contributed by atoms with Crippen LogP contribution in [-0.4, -0.2) is 30.1 Å². The highest BCUT2D eigenvalue weighted by molar-refractivity contribution is 5.85. The Hall–Kier alpha value is -1.39. The number of esters is 1. The summed E-state index contributed by atoms with van der Waals surface area (Å²) in [4.78, 5) is 11.3. The van der Waals surface area contributed by atoms with E-state index in [0.717, 1.165) is 18.3 Å². The number of carbonyl (C=O) groups is 1. The molecule has 0 aromatic heterocycles. The van der Waals surface area contributed by atoms with Gasteiger partial charge in [-0.1, -0.05) is 39.0 Å². The number of aliphatic hydroxyl groups excluding tert-OH is 1. The lowest BCUT2D eigenvalue weighted by Crippen LogP contribution is -2.50. The number of hydrogen-bond donors (Lipinski definition) is 1. The second kappa shape index (κ2) is 7.70. The standard InChI is InChI=1S/C25H36O4/c1-16-6-5-7-21-24(16,3)12-10-17(2)25(21,4)13-11-18-8-9-20(28-15-18)19-14-22(26)29-23(19)27/h8,14,17,20-21,23,27H,1,5-7,9-13,15H2,2-4H3/t17-,20-,21-,23+,24-,25-/m0/s1. The van der Waals surface area contributed by atoms with Gasteiger partial charge in [-0.2, -0.15) is 0 Å². The summed E-state index contributed by atoms with van der Waals surface area (Å²) in [6, 6.07) is 0. The lowest BCUT2D eigenvalue weighted by atomic mass is 9.46. The second-order valence-corrected chi connectivity index (χ2v) is 10.2. The van der Waals surface area contributed by atoms with Crippen molar-refractivity contribution in [1.29, 1.82) is 0 Å². The van der Waals surface area contributed by atoms with E-state index in [-0.39, 0.29) is 6.10 Å². The maximum Gasteiger partial charge on any atom is 0.333 e. The highest BCUT2D eigenvalue weighted by Gasteiger charge is 2.53. The van der Waals surface area contributed by atoms with Crippen molar-refractivity contribution in [3.63, 3.8) is 0 Å². The van der Waals surface area contributed by atoms with E-state index in [9.17, 15) is 9.90 Å². The second-order valence-electron chi connectivity index (χ2n) is 10.2. The third-order valence-corrected chi connectivity index (χ3v) is 8.81. The van der Waals surface area contributed by atoms with Crippen molar-refractivity contribution < 1.29 is 19.4 Å². The number of carbonyl (C=O) groups excluding carboxylic acids is 1. The average Bonchev–Trinajstić information content (AvgIpc) is 3.04. The summed E-state index contributed by atoms with van der Waals surface area (Å²) in [6.45, 7) is 12.5. The van der Waals surface area contributed by atoms with Crippen LogP contribution in [0.15, 0.2) is 35.5 Å². The average molecular weight is 401 g/mol. The van der Waals surface area contributed by atoms with Crippen LogP contribution in [0.1, 0.15) is 72.1 Å². The third-order valence-electron chi connectivity index (χ3n) is 8.81. The fourth-order valence-corrected chi connectivity index (χ4v) is 6.50. The van der Waals surface area contributed by atoms with Crippen LogP contribution in [0, 0.1) is 22.7 Å². The molecule has 6 atom stereocenters. The Morgan fingerprint density at radius 2 is 2.10 bits per heavy atom. The maximum atomic E-state index is 11.3. The van der Waals surface area contributed by atoms with E-state index in [2.05, 4.69) is 33.4 Å². The Bertz CT molecular complexity index is 750. The molecule has 1 N–H and O–H groups in total. The number of hydrogen-bond acceptors (Lipinski definition) is 4. The molecule has 0 amide bonds. The number of aliphatic hydroxyl groups is 1. The van der Waals surface area contributed by atoms with E-state index in [4.69, 9.17) is 9.47 Å². The fraction of sp³-hybridized carbons (Fsp3) is 0.720. The molecule has 0 bridgehead atoms. The first kappa shape index (κ1) is 20.9. The first-order chi connectivity index (χ1) is 13.7. The van der Waals surface area contributed by atoms with Crippen LogP contribution in [0.5, 0.6) is 0 Å². The van der Waals surface area contributed by atoms with Crippen LogP contribution < -0.4 is 0 Å². The Labute approximate surface area is 175 Å². The molecule has 2 fully saturated rings. The van der Waals surface area contributed by atoms with Crippen molar-refractivity contribution in [2.75, 3.05) is 6.61 Å². The molecule has 4 rings (SSSR count). The van der Waals surface area contributed by atoms with Crippen LogP contribution in [-0.2, 0) is 14.3 Å². The molecule has 4 heteroatoms. The summed E-state index contributed by atoms with van der Waals surface area (Å²) in [5, 5.41) is 9.85. The quantitative estimate of drug-likeness (QED) is 0.528. The summed E-state index contributed by atoms with van der Waals surface area (Å²) in [5.41, 5.74) is 4.01. The van der Waals surface area contributed by atoms with Gasteiger partial charge in [0.05, 0.1) is 12.7 Å². The Kier molecular flexibility index (Phi) is 5.54. The summed E-state index contributed by atoms with van der Waals surface area (Å²) in [5.74, 6) is 0.966. The van der Waals surface area contributed by atoms with E-state index in [1.54, 1.807) is 0 Å². The van der Waals surface area contributed by atoms with E-state index in [0.29, 0.717) is 29.4 Å². The molecule has 0 spiro atoms. The van der Waals surface area contributed by atoms with Gasteiger partial charge in [0.25, 0.3) is 0 Å². The molecular formula is C25H36O4. The largest absolute Gasteiger partial charge is 0.429 e. The fourth-order valence-electron chi connectivity index (χ4n) is 6.50. The summed E-state index contributed by atoms with van der Waals surface area (Å²) in [6.07, 6.45) is 11.6. The molecule has 160 valence electrons. The Morgan fingerprint density at radius 1 is 1.31 bits per heavy atom. The Balaban J connectivity index is 1.42. The SMILES string of the molecule is C=C1CCC[C@@H]2[C@@](C)(CCC3=CC[C@@H](C4=CC(=O)O[C@H]4O)OC3)[C@@H](C)CC[C@@]12C. The zero-order chi connectivity index (χ0) is 20.8. The molecule has 0 radical (unpaired) electrons. The Morgan fingerprint density at radius 3 is 2.76 bits per heavy atom. The van der Waals surface area contributed by atoms with Crippen LogP contribution in [0.3, 0.4) is 0 Å². The molecule has 0 unspecified atom stereocenters. The first-order valence-electron chi connectivity index (χ1n) is 11.3. The summed E-state index contributed by atoms with van der Waals surface area (Å²) >= 11 is 0. The van der Waals surface area contributed by atoms with Gasteiger partial charge in [-0.3, -0.25) is 0 Å². The molecule has 2 saturated carbocycles. The van der Waals surface area contributed by atoms with Gasteiger partial charge < -0.3 is 14.6 Å². The van der Waals surface area contributed by atoms with Crippen molar-refractivity contribution in [3.8, 4) is 0 Å². The highest BCUT2D eigenvalue weighted by atomic mass is 16.6. The van der Waals surface area contributed by atoms with E-state index >= 15 is 0 Å². The van der Waals surface area contributed by atoms with Gasteiger partial charge in [0.15, 0.2) is 0 Å². The smallest absolute Gasteiger partial charge is 0.333 e. The number of ether oxygens (including phenoxy) is 2. The van der Waals surface area contributed by atoms with E-state index in [1.165, 1.54) is 55.7 Å². The van der Waals surface area contributed by atoms with Gasteiger partial charge in [-0.15, -0.1) is 0 Å². The third kappa shape index (κ3) is 3.63. The van der Waals surface area contributed by atoms with Gasteiger partial charge in [-0.05, 0) is 79.6 Å². The van der Waals surface area contributed by atoms with E-state index < -0.39 is 12.3 Å². The minimum atomic E-state index is -1.15. The first-order valence-corrected chi connectivity index (χ1v) is 11.3. The van der Waals surface area contributed by atoms with Gasteiger partial charge in [0.1, 0.15) is 0 Å². The monoisotopic (exact) mass is 400 g/mol. The van der Waals surface area contributed by atoms with Gasteiger partial charge in [-0.25, -0.2) is 4.79 Å². The van der Waals surface area contributed by atoms with Crippen LogP contribution in [0.2, 0.25) is 0 Å². The number of cyclic esters (lactones) is 1. The summed E-state index contributed by atoms with van der Waals surface area (Å²) in [7, 11) is 0. The van der Waals surface area contributed by atoms with Crippen molar-refractivity contribution in [2.24, 2.45) is 22.7 Å². The lowest BCUT2D eigenvalue weighted by molar-refractivity contribution is -0.152. The van der Waals surface area contributed by atoms with Crippen molar-refractivity contribution in [3.05, 3.63) is 35.5 Å². The molecule has 0 saturated heterocycles. The highest BCUT2D eigenvalue weighted by Crippen LogP contribution is 2.62. The molecule has 4 nitrogen and oxygen atoms in total. The van der Waals surface area contributed by atoms with Crippen molar-refractivity contribution in [1.82, 2.24) is 0 Å². The van der Waals surface area contributed by atoms with Gasteiger partial charge in [0.2, 0.25) is 6.29 Å². The molecule has 0 aromatic rings. The maximum absolute atomic E-state index is 11.3. The van der Waals surface area contributed by atoms with Gasteiger partial charge >= 0.3 is 5.97 Å². The predicted molar refractivity (Wildman–Crippen MR) is 113 cm³/mol. The molecule has 2 aliphatic heterocycles. The number of allylic oxidation sites excluding steroid dienone is 1. The number of rotatable bonds is 4. The van der Waals surface area contributed by atoms with Crippen LogP contribution in [0.25, 0.3) is 0 Å². The molecule has 2 heterocycles. The normalized spacial score (nSPS) is 42.8. The molecule has 29 heavy (non-hydrogen) atoms. The zero-order valence-electron chi connectivity index (χ0n) is 18.2. The zero-order valence-corrected chi connectivity index (χ0v) is 18.2. The predicted octanol–water partition coefficient (Wildman–Crippen LogP) is 5.08. The minimum Gasteiger partial charge on any atom is -0.429 e. The number of fused-ring (bicyclic) bond motifs is 1. The van der Waals surface area contributed by atoms with E-state index in [1.807, 2.05) is 0 Å². The van der Waals surface area contributed by atoms with Crippen LogP contribution in [0.4, 0.5) is 0 Å². The van der Waals surface area contributed by atoms with Crippen molar-refractivity contribution >= 4 is 5.97 Å². The molecular weight excluding hydrogens is 364 g/mol. The molecule has 0 aromatic carbocycles. The lowest BCUT2D eigenvalue weighted by Gasteiger charge is -2.59. The molecule has 4 aliphatic rings. The van der Waals surface area contributed by atoms with Crippen molar-refractivity contribution in [2.45, 2.75) is 84.5 Å². The molecule has 2 aliphatic carbocycles.